The van der Waals surface area contributed by atoms with Gasteiger partial charge in [-0.15, -0.1) is 11.3 Å². The Kier molecular flexibility index (Phi) is 5.33. The van der Waals surface area contributed by atoms with Crippen LogP contribution in [-0.4, -0.2) is 49.0 Å². The number of hydrogen-bond donors (Lipinski definition) is 1. The monoisotopic (exact) mass is 419 g/mol. The summed E-state index contributed by atoms with van der Waals surface area (Å²) in [5, 5.41) is 2.74. The van der Waals surface area contributed by atoms with Crippen LogP contribution in [0.2, 0.25) is 0 Å². The molecule has 0 bridgehead atoms. The van der Waals surface area contributed by atoms with Crippen LogP contribution in [0.15, 0.2) is 53.4 Å². The van der Waals surface area contributed by atoms with Gasteiger partial charge in [-0.1, -0.05) is 12.6 Å². The van der Waals surface area contributed by atoms with E-state index in [1.54, 1.807) is 18.3 Å². The number of fused-ring (bicyclic) bond motifs is 1. The third-order valence-electron chi connectivity index (χ3n) is 5.10. The fourth-order valence-electron chi connectivity index (χ4n) is 3.66. The predicted octanol–water partition coefficient (Wildman–Crippen LogP) is 2.24. The molecule has 0 radical (unpaired) electrons. The number of thiophene rings is 1. The molecule has 3 unspecified atom stereocenters. The van der Waals surface area contributed by atoms with Gasteiger partial charge in [-0.25, -0.2) is 8.42 Å². The number of aromatic nitrogens is 1. The van der Waals surface area contributed by atoms with Gasteiger partial charge in [0.15, 0.2) is 0 Å². The van der Waals surface area contributed by atoms with Gasteiger partial charge in [0.05, 0.1) is 16.7 Å². The fraction of sp³-hybridized carbons (Fsp3) is 0.368. The van der Waals surface area contributed by atoms with Crippen molar-refractivity contribution in [3.05, 3.63) is 49.2 Å². The van der Waals surface area contributed by atoms with Gasteiger partial charge in [-0.3, -0.25) is 9.78 Å². The molecule has 0 spiro atoms. The summed E-state index contributed by atoms with van der Waals surface area (Å²) in [6.45, 7) is 4.18. The van der Waals surface area contributed by atoms with E-state index in [-0.39, 0.29) is 24.2 Å². The zero-order valence-corrected chi connectivity index (χ0v) is 16.8. The molecule has 2 aromatic rings. The Balaban J connectivity index is 1.47. The molecule has 4 rings (SSSR count). The minimum atomic E-state index is -3.59. The molecular weight excluding hydrogens is 398 g/mol. The number of hydrogen-bond acceptors (Lipinski definition) is 6. The highest BCUT2D eigenvalue weighted by Crippen LogP contribution is 2.36. The molecule has 0 saturated carbocycles. The normalized spacial score (nSPS) is 25.2. The lowest BCUT2D eigenvalue weighted by Gasteiger charge is -2.32. The molecular formula is C19H21N3O4S2. The number of carbonyl (C=O) groups is 1. The Bertz CT molecular complexity index is 974. The van der Waals surface area contributed by atoms with Crippen molar-refractivity contribution in [2.45, 2.75) is 29.4 Å². The maximum Gasteiger partial charge on any atom is 0.252 e. The molecule has 148 valence electrons. The summed E-state index contributed by atoms with van der Waals surface area (Å²) in [6.07, 6.45) is 3.70. The van der Waals surface area contributed by atoms with Crippen LogP contribution in [0.25, 0.3) is 10.6 Å². The second-order valence-electron chi connectivity index (χ2n) is 6.86. The molecule has 0 aromatic carbocycles. The first-order valence-electron chi connectivity index (χ1n) is 9.07. The second-order valence-corrected chi connectivity index (χ2v) is 10.1. The highest BCUT2D eigenvalue weighted by molar-refractivity contribution is 7.91. The van der Waals surface area contributed by atoms with Gasteiger partial charge >= 0.3 is 0 Å². The van der Waals surface area contributed by atoms with Crippen molar-refractivity contribution in [1.29, 1.82) is 0 Å². The third-order valence-corrected chi connectivity index (χ3v) is 8.54. The summed E-state index contributed by atoms with van der Waals surface area (Å²) in [4.78, 5) is 16.6. The first-order valence-corrected chi connectivity index (χ1v) is 11.3. The largest absolute Gasteiger partial charge is 0.354 e. The number of piperidine rings is 1. The minimum Gasteiger partial charge on any atom is -0.354 e. The summed E-state index contributed by atoms with van der Waals surface area (Å²) in [6, 6.07) is 8.99. The number of amides is 1. The van der Waals surface area contributed by atoms with Crippen LogP contribution in [0.5, 0.6) is 0 Å². The van der Waals surface area contributed by atoms with E-state index in [4.69, 9.17) is 4.74 Å². The van der Waals surface area contributed by atoms with Crippen molar-refractivity contribution < 1.29 is 17.9 Å². The SMILES string of the molecule is C=CC(=O)NC1CC2CCN(S(=O)(=O)c3ccc(-c4ccccn4)s3)CC2O1. The molecule has 28 heavy (non-hydrogen) atoms. The molecule has 2 aliphatic rings. The van der Waals surface area contributed by atoms with E-state index in [0.717, 1.165) is 10.6 Å². The number of sulfonamides is 1. The van der Waals surface area contributed by atoms with Gasteiger partial charge in [-0.2, -0.15) is 4.31 Å². The Morgan fingerprint density at radius 3 is 2.96 bits per heavy atom. The van der Waals surface area contributed by atoms with Crippen LogP contribution in [0.1, 0.15) is 12.8 Å². The molecule has 4 heterocycles. The summed E-state index contributed by atoms with van der Waals surface area (Å²) in [5.74, 6) is -0.0391. The summed E-state index contributed by atoms with van der Waals surface area (Å²) >= 11 is 1.22. The number of carbonyl (C=O) groups excluding carboxylic acids is 1. The third kappa shape index (κ3) is 3.75. The van der Waals surface area contributed by atoms with Gasteiger partial charge in [0.1, 0.15) is 10.4 Å². The zero-order chi connectivity index (χ0) is 19.7. The summed E-state index contributed by atoms with van der Waals surface area (Å²) in [5.41, 5.74) is 0.757. The van der Waals surface area contributed by atoms with Crippen molar-refractivity contribution in [3.8, 4) is 10.6 Å². The van der Waals surface area contributed by atoms with Crippen molar-refractivity contribution in [2.24, 2.45) is 5.92 Å². The van der Waals surface area contributed by atoms with Crippen molar-refractivity contribution in [2.75, 3.05) is 13.1 Å². The summed E-state index contributed by atoms with van der Waals surface area (Å²) < 4.78 is 33.9. The average Bonchev–Trinajstić information content (AvgIpc) is 3.35. The Hall–Kier alpha value is -2.07. The molecule has 2 fully saturated rings. The predicted molar refractivity (Wildman–Crippen MR) is 106 cm³/mol. The van der Waals surface area contributed by atoms with Gasteiger partial charge in [0.25, 0.3) is 10.0 Å². The number of nitrogens with zero attached hydrogens (tertiary/aromatic N) is 2. The average molecular weight is 420 g/mol. The van der Waals surface area contributed by atoms with Gasteiger partial charge in [-0.05, 0) is 49.1 Å². The Labute approximate surface area is 168 Å². The quantitative estimate of drug-likeness (QED) is 0.751. The molecule has 9 heteroatoms. The van der Waals surface area contributed by atoms with Crippen LogP contribution < -0.4 is 5.32 Å². The van der Waals surface area contributed by atoms with Crippen LogP contribution in [-0.2, 0) is 19.6 Å². The van der Waals surface area contributed by atoms with Crippen LogP contribution in [0, 0.1) is 5.92 Å². The maximum absolute atomic E-state index is 13.1. The number of ether oxygens (including phenoxy) is 1. The van der Waals surface area contributed by atoms with E-state index >= 15 is 0 Å². The van der Waals surface area contributed by atoms with Crippen molar-refractivity contribution in [3.63, 3.8) is 0 Å². The number of rotatable bonds is 5. The highest BCUT2D eigenvalue weighted by atomic mass is 32.2. The van der Waals surface area contributed by atoms with E-state index in [1.165, 1.54) is 21.7 Å². The van der Waals surface area contributed by atoms with E-state index in [0.29, 0.717) is 30.1 Å². The molecule has 1 N–H and O–H groups in total. The summed E-state index contributed by atoms with van der Waals surface area (Å²) in [7, 11) is -3.59. The van der Waals surface area contributed by atoms with Crippen LogP contribution in [0.4, 0.5) is 0 Å². The molecule has 2 saturated heterocycles. The van der Waals surface area contributed by atoms with E-state index in [9.17, 15) is 13.2 Å². The zero-order valence-electron chi connectivity index (χ0n) is 15.2. The topological polar surface area (TPSA) is 88.6 Å². The maximum atomic E-state index is 13.1. The van der Waals surface area contributed by atoms with Crippen LogP contribution >= 0.6 is 11.3 Å². The van der Waals surface area contributed by atoms with Gasteiger partial charge in [0, 0.05) is 19.3 Å². The number of nitrogens with one attached hydrogen (secondary N) is 1. The lowest BCUT2D eigenvalue weighted by Crippen LogP contribution is -2.45. The molecule has 2 aromatic heterocycles. The second kappa shape index (κ2) is 7.75. The fourth-order valence-corrected chi connectivity index (χ4v) is 6.57. The van der Waals surface area contributed by atoms with Crippen molar-refractivity contribution >= 4 is 27.3 Å². The van der Waals surface area contributed by atoms with Gasteiger partial charge < -0.3 is 10.1 Å². The smallest absolute Gasteiger partial charge is 0.252 e. The molecule has 2 aliphatic heterocycles. The molecule has 1 amide bonds. The number of pyridine rings is 1. The highest BCUT2D eigenvalue weighted by Gasteiger charge is 2.43. The standard InChI is InChI=1S/C19H21N3O4S2/c1-2-17(23)21-18-11-13-8-10-22(12-15(13)26-18)28(24,25)19-7-6-16(27-19)14-5-3-4-9-20-14/h2-7,9,13,15,18H,1,8,10-12H2,(H,21,23). The van der Waals surface area contributed by atoms with Gasteiger partial charge in [0.2, 0.25) is 5.91 Å². The molecule has 0 aliphatic carbocycles. The lowest BCUT2D eigenvalue weighted by molar-refractivity contribution is -0.120. The van der Waals surface area contributed by atoms with E-state index < -0.39 is 10.0 Å². The lowest BCUT2D eigenvalue weighted by atomic mass is 9.94. The first kappa shape index (κ1) is 19.3. The first-order chi connectivity index (χ1) is 13.5. The minimum absolute atomic E-state index is 0.214. The molecule has 3 atom stereocenters. The van der Waals surface area contributed by atoms with E-state index in [1.807, 2.05) is 18.2 Å². The Morgan fingerprint density at radius 1 is 1.36 bits per heavy atom. The van der Waals surface area contributed by atoms with Crippen molar-refractivity contribution in [1.82, 2.24) is 14.6 Å². The van der Waals surface area contributed by atoms with Crippen LogP contribution in [0.3, 0.4) is 0 Å². The Morgan fingerprint density at radius 2 is 2.21 bits per heavy atom. The van der Waals surface area contributed by atoms with E-state index in [2.05, 4.69) is 16.9 Å². The molecule has 7 nitrogen and oxygen atoms in total.